The number of hydrogen-bond donors (Lipinski definition) is 1. The van der Waals surface area contributed by atoms with E-state index in [-0.39, 0.29) is 5.91 Å². The maximum absolute atomic E-state index is 12.6. The number of nitrogens with one attached hydrogen (secondary N) is 1. The first-order chi connectivity index (χ1) is 12.7. The van der Waals surface area contributed by atoms with Gasteiger partial charge in [-0.05, 0) is 29.8 Å². The van der Waals surface area contributed by atoms with Crippen molar-refractivity contribution < 1.29 is 9.53 Å². The van der Waals surface area contributed by atoms with Crippen LogP contribution in [0.25, 0.3) is 0 Å². The van der Waals surface area contributed by atoms with Gasteiger partial charge in [0.2, 0.25) is 0 Å². The summed E-state index contributed by atoms with van der Waals surface area (Å²) in [6.07, 6.45) is 1.39. The zero-order chi connectivity index (χ0) is 18.4. The SMILES string of the molecule is COc1ccc(CNc2cc(C(=O)N(C)c3ccccc3)ncn2)cc1. The van der Waals surface area contributed by atoms with Crippen LogP contribution in [0.4, 0.5) is 11.5 Å². The van der Waals surface area contributed by atoms with Crippen molar-refractivity contribution in [1.29, 1.82) is 0 Å². The molecule has 26 heavy (non-hydrogen) atoms. The Labute approximate surface area is 152 Å². The molecule has 0 unspecified atom stereocenters. The molecule has 132 valence electrons. The quantitative estimate of drug-likeness (QED) is 0.740. The Morgan fingerprint density at radius 3 is 2.50 bits per heavy atom. The van der Waals surface area contributed by atoms with Crippen LogP contribution in [-0.2, 0) is 6.54 Å². The Hall–Kier alpha value is -3.41. The van der Waals surface area contributed by atoms with Gasteiger partial charge in [0.1, 0.15) is 23.6 Å². The zero-order valence-electron chi connectivity index (χ0n) is 14.7. The summed E-state index contributed by atoms with van der Waals surface area (Å²) >= 11 is 0. The smallest absolute Gasteiger partial charge is 0.276 e. The first kappa shape index (κ1) is 17.4. The van der Waals surface area contributed by atoms with Crippen molar-refractivity contribution in [2.24, 2.45) is 0 Å². The summed E-state index contributed by atoms with van der Waals surface area (Å²) in [5.74, 6) is 1.22. The fourth-order valence-corrected chi connectivity index (χ4v) is 2.45. The molecule has 0 radical (unpaired) electrons. The number of methoxy groups -OCH3 is 1. The van der Waals surface area contributed by atoms with Gasteiger partial charge < -0.3 is 15.0 Å². The average molecular weight is 348 g/mol. The Bertz CT molecular complexity index is 866. The van der Waals surface area contributed by atoms with Crippen LogP contribution in [0, 0.1) is 0 Å². The summed E-state index contributed by atoms with van der Waals surface area (Å²) in [7, 11) is 3.36. The normalized spacial score (nSPS) is 10.2. The number of para-hydroxylation sites is 1. The Morgan fingerprint density at radius 2 is 1.81 bits per heavy atom. The molecule has 0 spiro atoms. The third-order valence-electron chi connectivity index (χ3n) is 3.97. The molecule has 1 amide bonds. The van der Waals surface area contributed by atoms with Gasteiger partial charge in [0.05, 0.1) is 7.11 Å². The molecular weight excluding hydrogens is 328 g/mol. The van der Waals surface area contributed by atoms with Gasteiger partial charge in [-0.3, -0.25) is 4.79 Å². The number of carbonyl (C=O) groups excluding carboxylic acids is 1. The minimum Gasteiger partial charge on any atom is -0.497 e. The molecule has 2 aromatic carbocycles. The van der Waals surface area contributed by atoms with Crippen LogP contribution in [-0.4, -0.2) is 30.0 Å². The molecule has 0 saturated heterocycles. The Balaban J connectivity index is 1.68. The molecule has 0 aliphatic heterocycles. The minimum absolute atomic E-state index is 0.189. The molecule has 0 aliphatic carbocycles. The van der Waals surface area contributed by atoms with Crippen molar-refractivity contribution in [3.05, 3.63) is 78.2 Å². The van der Waals surface area contributed by atoms with Crippen LogP contribution in [0.15, 0.2) is 67.0 Å². The summed E-state index contributed by atoms with van der Waals surface area (Å²) in [5, 5.41) is 3.21. The van der Waals surface area contributed by atoms with Crippen LogP contribution in [0.3, 0.4) is 0 Å². The number of amides is 1. The van der Waals surface area contributed by atoms with Crippen molar-refractivity contribution in [3.63, 3.8) is 0 Å². The third kappa shape index (κ3) is 4.16. The van der Waals surface area contributed by atoms with Gasteiger partial charge in [0.15, 0.2) is 0 Å². The predicted molar refractivity (Wildman–Crippen MR) is 102 cm³/mol. The molecule has 0 atom stereocenters. The summed E-state index contributed by atoms with van der Waals surface area (Å²) in [4.78, 5) is 22.5. The number of benzene rings is 2. The van der Waals surface area contributed by atoms with Gasteiger partial charge in [0, 0.05) is 25.3 Å². The fourth-order valence-electron chi connectivity index (χ4n) is 2.45. The van der Waals surface area contributed by atoms with Gasteiger partial charge in [0.25, 0.3) is 5.91 Å². The first-order valence-corrected chi connectivity index (χ1v) is 8.19. The molecule has 0 saturated carbocycles. The predicted octanol–water partition coefficient (Wildman–Crippen LogP) is 3.37. The molecule has 3 rings (SSSR count). The number of anilines is 2. The van der Waals surface area contributed by atoms with E-state index in [0.29, 0.717) is 18.1 Å². The van der Waals surface area contributed by atoms with Gasteiger partial charge in [-0.15, -0.1) is 0 Å². The maximum Gasteiger partial charge on any atom is 0.276 e. The Kier molecular flexibility index (Phi) is 5.43. The van der Waals surface area contributed by atoms with E-state index >= 15 is 0 Å². The van der Waals surface area contributed by atoms with Crippen molar-refractivity contribution in [2.45, 2.75) is 6.54 Å². The largest absolute Gasteiger partial charge is 0.497 e. The topological polar surface area (TPSA) is 67.3 Å². The lowest BCUT2D eigenvalue weighted by atomic mass is 10.2. The van der Waals surface area contributed by atoms with E-state index in [1.807, 2.05) is 54.6 Å². The van der Waals surface area contributed by atoms with E-state index < -0.39 is 0 Å². The molecule has 0 aliphatic rings. The third-order valence-corrected chi connectivity index (χ3v) is 3.97. The molecular formula is C20H20N4O2. The lowest BCUT2D eigenvalue weighted by molar-refractivity contribution is 0.0988. The highest BCUT2D eigenvalue weighted by Gasteiger charge is 2.15. The number of nitrogens with zero attached hydrogens (tertiary/aromatic N) is 3. The molecule has 6 nitrogen and oxygen atoms in total. The van der Waals surface area contributed by atoms with Crippen LogP contribution in [0.1, 0.15) is 16.1 Å². The van der Waals surface area contributed by atoms with Crippen LogP contribution < -0.4 is 15.0 Å². The van der Waals surface area contributed by atoms with Gasteiger partial charge in [-0.2, -0.15) is 0 Å². The van der Waals surface area contributed by atoms with Crippen molar-refractivity contribution in [2.75, 3.05) is 24.4 Å². The second kappa shape index (κ2) is 8.11. The number of aromatic nitrogens is 2. The highest BCUT2D eigenvalue weighted by Crippen LogP contribution is 2.16. The molecule has 0 bridgehead atoms. The second-order valence-electron chi connectivity index (χ2n) is 5.69. The lowest BCUT2D eigenvalue weighted by Crippen LogP contribution is -2.27. The molecule has 1 N–H and O–H groups in total. The van der Waals surface area contributed by atoms with E-state index in [4.69, 9.17) is 4.74 Å². The highest BCUT2D eigenvalue weighted by atomic mass is 16.5. The van der Waals surface area contributed by atoms with E-state index in [1.54, 1.807) is 25.1 Å². The number of hydrogen-bond acceptors (Lipinski definition) is 5. The van der Waals surface area contributed by atoms with E-state index in [9.17, 15) is 4.79 Å². The molecule has 6 heteroatoms. The molecule has 1 heterocycles. The van der Waals surface area contributed by atoms with Crippen LogP contribution >= 0.6 is 0 Å². The second-order valence-corrected chi connectivity index (χ2v) is 5.69. The number of carbonyl (C=O) groups is 1. The van der Waals surface area contributed by atoms with Crippen molar-refractivity contribution in [3.8, 4) is 5.75 Å². The summed E-state index contributed by atoms with van der Waals surface area (Å²) in [6.45, 7) is 0.586. The molecule has 0 fully saturated rings. The van der Waals surface area contributed by atoms with E-state index in [0.717, 1.165) is 17.0 Å². The first-order valence-electron chi connectivity index (χ1n) is 8.19. The maximum atomic E-state index is 12.6. The van der Waals surface area contributed by atoms with Gasteiger partial charge in [-0.25, -0.2) is 9.97 Å². The Morgan fingerprint density at radius 1 is 1.08 bits per heavy atom. The number of rotatable bonds is 6. The molecule has 3 aromatic rings. The van der Waals surface area contributed by atoms with Crippen LogP contribution in [0.2, 0.25) is 0 Å². The van der Waals surface area contributed by atoms with Crippen molar-refractivity contribution in [1.82, 2.24) is 9.97 Å². The van der Waals surface area contributed by atoms with Gasteiger partial charge >= 0.3 is 0 Å². The highest BCUT2D eigenvalue weighted by molar-refractivity contribution is 6.04. The number of ether oxygens (including phenoxy) is 1. The fraction of sp³-hybridized carbons (Fsp3) is 0.150. The standard InChI is InChI=1S/C20H20N4O2/c1-24(16-6-4-3-5-7-16)20(25)18-12-19(23-14-22-18)21-13-15-8-10-17(26-2)11-9-15/h3-12,14H,13H2,1-2H3,(H,21,22,23). The minimum atomic E-state index is -0.189. The van der Waals surface area contributed by atoms with Gasteiger partial charge in [-0.1, -0.05) is 30.3 Å². The monoisotopic (exact) mass is 348 g/mol. The summed E-state index contributed by atoms with van der Waals surface area (Å²) in [6, 6.07) is 18.9. The van der Waals surface area contributed by atoms with E-state index in [1.165, 1.54) is 6.33 Å². The summed E-state index contributed by atoms with van der Waals surface area (Å²) < 4.78 is 5.15. The van der Waals surface area contributed by atoms with Crippen molar-refractivity contribution >= 4 is 17.4 Å². The average Bonchev–Trinajstić information content (AvgIpc) is 2.72. The van der Waals surface area contributed by atoms with E-state index in [2.05, 4.69) is 15.3 Å². The molecule has 1 aromatic heterocycles. The lowest BCUT2D eigenvalue weighted by Gasteiger charge is -2.17. The van der Waals surface area contributed by atoms with Crippen LogP contribution in [0.5, 0.6) is 5.75 Å². The zero-order valence-corrected chi connectivity index (χ0v) is 14.7. The summed E-state index contributed by atoms with van der Waals surface area (Å²) in [5.41, 5.74) is 2.23.